The number of hydrogen-bond acceptors (Lipinski definition) is 5. The molecule has 106 valence electrons. The average molecular weight is 259 g/mol. The standard InChI is InChI=1S/C13H25NO4/c1-4-8-11(13(16)18-6-3)14-10-7-9-12(15)17-5-2/h11,14H,4-10H2,1-3H3. The zero-order chi connectivity index (χ0) is 13.8. The molecule has 5 nitrogen and oxygen atoms in total. The minimum atomic E-state index is -0.267. The van der Waals surface area contributed by atoms with Crippen LogP contribution in [0.1, 0.15) is 46.5 Å². The van der Waals surface area contributed by atoms with Gasteiger partial charge in [0.2, 0.25) is 0 Å². The fourth-order valence-corrected chi connectivity index (χ4v) is 1.58. The fourth-order valence-electron chi connectivity index (χ4n) is 1.58. The van der Waals surface area contributed by atoms with Crippen molar-refractivity contribution >= 4 is 11.9 Å². The predicted molar refractivity (Wildman–Crippen MR) is 69.2 cm³/mol. The lowest BCUT2D eigenvalue weighted by Crippen LogP contribution is -2.38. The van der Waals surface area contributed by atoms with Crippen molar-refractivity contribution < 1.29 is 19.1 Å². The van der Waals surface area contributed by atoms with Crippen molar-refractivity contribution in [2.24, 2.45) is 0 Å². The summed E-state index contributed by atoms with van der Waals surface area (Å²) in [5.41, 5.74) is 0. The Balaban J connectivity index is 3.83. The smallest absolute Gasteiger partial charge is 0.323 e. The summed E-state index contributed by atoms with van der Waals surface area (Å²) in [5.74, 6) is -0.405. The second kappa shape index (κ2) is 11.0. The quantitative estimate of drug-likeness (QED) is 0.477. The molecule has 0 amide bonds. The third-order valence-corrected chi connectivity index (χ3v) is 2.40. The van der Waals surface area contributed by atoms with Crippen LogP contribution < -0.4 is 5.32 Å². The van der Waals surface area contributed by atoms with E-state index in [4.69, 9.17) is 9.47 Å². The van der Waals surface area contributed by atoms with E-state index in [1.165, 1.54) is 0 Å². The van der Waals surface area contributed by atoms with E-state index in [9.17, 15) is 9.59 Å². The molecule has 0 aromatic rings. The van der Waals surface area contributed by atoms with Gasteiger partial charge in [-0.15, -0.1) is 0 Å². The van der Waals surface area contributed by atoms with Crippen LogP contribution in [0.3, 0.4) is 0 Å². The van der Waals surface area contributed by atoms with Crippen LogP contribution in [0.4, 0.5) is 0 Å². The molecular weight excluding hydrogens is 234 g/mol. The second-order valence-corrected chi connectivity index (χ2v) is 3.96. The first-order valence-corrected chi connectivity index (χ1v) is 6.71. The van der Waals surface area contributed by atoms with Gasteiger partial charge in [0.1, 0.15) is 6.04 Å². The van der Waals surface area contributed by atoms with Gasteiger partial charge >= 0.3 is 11.9 Å². The molecule has 0 aliphatic carbocycles. The van der Waals surface area contributed by atoms with Crippen LogP contribution in [0.25, 0.3) is 0 Å². The van der Waals surface area contributed by atoms with Gasteiger partial charge in [-0.3, -0.25) is 9.59 Å². The molecule has 0 heterocycles. The highest BCUT2D eigenvalue weighted by Crippen LogP contribution is 2.01. The van der Waals surface area contributed by atoms with E-state index in [1.807, 2.05) is 6.92 Å². The first-order chi connectivity index (χ1) is 8.65. The maximum Gasteiger partial charge on any atom is 0.323 e. The Morgan fingerprint density at radius 3 is 2.33 bits per heavy atom. The molecule has 0 aliphatic rings. The van der Waals surface area contributed by atoms with Crippen molar-refractivity contribution in [3.63, 3.8) is 0 Å². The minimum Gasteiger partial charge on any atom is -0.466 e. The lowest BCUT2D eigenvalue weighted by molar-refractivity contribution is -0.145. The van der Waals surface area contributed by atoms with Crippen molar-refractivity contribution in [2.75, 3.05) is 19.8 Å². The Hall–Kier alpha value is -1.10. The Bertz CT molecular complexity index is 243. The highest BCUT2D eigenvalue weighted by atomic mass is 16.5. The third kappa shape index (κ3) is 8.06. The summed E-state index contributed by atoms with van der Waals surface area (Å²) in [5, 5.41) is 3.12. The Morgan fingerprint density at radius 2 is 1.78 bits per heavy atom. The van der Waals surface area contributed by atoms with Crippen LogP contribution in [0, 0.1) is 0 Å². The highest BCUT2D eigenvalue weighted by molar-refractivity contribution is 5.75. The van der Waals surface area contributed by atoms with Gasteiger partial charge in [0.25, 0.3) is 0 Å². The van der Waals surface area contributed by atoms with Gasteiger partial charge in [-0.1, -0.05) is 13.3 Å². The predicted octanol–water partition coefficient (Wildman–Crippen LogP) is 1.65. The SMILES string of the molecule is CCCC(NCCCC(=O)OCC)C(=O)OCC. The first-order valence-electron chi connectivity index (χ1n) is 6.71. The summed E-state index contributed by atoms with van der Waals surface area (Å²) in [6.07, 6.45) is 2.70. The lowest BCUT2D eigenvalue weighted by Gasteiger charge is -2.16. The van der Waals surface area contributed by atoms with E-state index in [1.54, 1.807) is 13.8 Å². The van der Waals surface area contributed by atoms with Crippen molar-refractivity contribution in [3.05, 3.63) is 0 Å². The molecule has 0 fully saturated rings. The molecule has 5 heteroatoms. The summed E-state index contributed by atoms with van der Waals surface area (Å²) < 4.78 is 9.80. The average Bonchev–Trinajstić information content (AvgIpc) is 2.33. The third-order valence-electron chi connectivity index (χ3n) is 2.40. The van der Waals surface area contributed by atoms with Gasteiger partial charge in [-0.05, 0) is 33.2 Å². The van der Waals surface area contributed by atoms with Crippen LogP contribution in [0.5, 0.6) is 0 Å². The van der Waals surface area contributed by atoms with Crippen LogP contribution >= 0.6 is 0 Å². The molecule has 0 spiro atoms. The molecule has 0 saturated heterocycles. The molecule has 0 bridgehead atoms. The summed E-state index contributed by atoms with van der Waals surface area (Å²) in [7, 11) is 0. The molecule has 18 heavy (non-hydrogen) atoms. The Kier molecular flexibility index (Phi) is 10.3. The molecule has 1 atom stereocenters. The summed E-state index contributed by atoms with van der Waals surface area (Å²) in [4.78, 5) is 22.7. The van der Waals surface area contributed by atoms with Crippen LogP contribution in [0.15, 0.2) is 0 Å². The summed E-state index contributed by atoms with van der Waals surface area (Å²) >= 11 is 0. The molecule has 0 aliphatic heterocycles. The van der Waals surface area contributed by atoms with Gasteiger partial charge in [0.05, 0.1) is 13.2 Å². The lowest BCUT2D eigenvalue weighted by atomic mass is 10.1. The van der Waals surface area contributed by atoms with Crippen LogP contribution in [-0.4, -0.2) is 37.7 Å². The van der Waals surface area contributed by atoms with Crippen molar-refractivity contribution in [1.82, 2.24) is 5.32 Å². The summed E-state index contributed by atoms with van der Waals surface area (Å²) in [6.45, 7) is 7.02. The topological polar surface area (TPSA) is 64.6 Å². The molecule has 0 aromatic carbocycles. The minimum absolute atomic E-state index is 0.192. The van der Waals surface area contributed by atoms with E-state index >= 15 is 0 Å². The number of carbonyl (C=O) groups is 2. The molecular formula is C13H25NO4. The molecule has 0 aromatic heterocycles. The van der Waals surface area contributed by atoms with Crippen molar-refractivity contribution in [2.45, 2.75) is 52.5 Å². The van der Waals surface area contributed by atoms with Gasteiger partial charge in [0, 0.05) is 6.42 Å². The van der Waals surface area contributed by atoms with E-state index in [-0.39, 0.29) is 18.0 Å². The van der Waals surface area contributed by atoms with E-state index in [0.717, 1.165) is 12.8 Å². The molecule has 0 rings (SSSR count). The Labute approximate surface area is 109 Å². The summed E-state index contributed by atoms with van der Waals surface area (Å²) in [6, 6.07) is -0.267. The van der Waals surface area contributed by atoms with Crippen LogP contribution in [0.2, 0.25) is 0 Å². The number of rotatable bonds is 10. The van der Waals surface area contributed by atoms with Gasteiger partial charge in [-0.25, -0.2) is 0 Å². The van der Waals surface area contributed by atoms with Gasteiger partial charge < -0.3 is 14.8 Å². The van der Waals surface area contributed by atoms with Crippen molar-refractivity contribution in [3.8, 4) is 0 Å². The number of nitrogens with one attached hydrogen (secondary N) is 1. The molecule has 1 unspecified atom stereocenters. The monoisotopic (exact) mass is 259 g/mol. The van der Waals surface area contributed by atoms with E-state index < -0.39 is 0 Å². The largest absolute Gasteiger partial charge is 0.466 e. The zero-order valence-corrected chi connectivity index (χ0v) is 11.7. The first kappa shape index (κ1) is 16.9. The highest BCUT2D eigenvalue weighted by Gasteiger charge is 2.17. The normalized spacial score (nSPS) is 11.9. The molecule has 0 radical (unpaired) electrons. The van der Waals surface area contributed by atoms with Crippen molar-refractivity contribution in [1.29, 1.82) is 0 Å². The zero-order valence-electron chi connectivity index (χ0n) is 11.7. The fraction of sp³-hybridized carbons (Fsp3) is 0.846. The molecule has 0 saturated carbocycles. The van der Waals surface area contributed by atoms with Gasteiger partial charge in [0.15, 0.2) is 0 Å². The maximum absolute atomic E-state index is 11.6. The van der Waals surface area contributed by atoms with Crippen LogP contribution in [-0.2, 0) is 19.1 Å². The van der Waals surface area contributed by atoms with E-state index in [2.05, 4.69) is 5.32 Å². The molecule has 1 N–H and O–H groups in total. The Morgan fingerprint density at radius 1 is 1.11 bits per heavy atom. The maximum atomic E-state index is 11.6. The number of ether oxygens (including phenoxy) is 2. The number of hydrogen-bond donors (Lipinski definition) is 1. The van der Waals surface area contributed by atoms with E-state index in [0.29, 0.717) is 32.6 Å². The van der Waals surface area contributed by atoms with Gasteiger partial charge in [-0.2, -0.15) is 0 Å². The number of esters is 2. The number of carbonyl (C=O) groups excluding carboxylic acids is 2. The second-order valence-electron chi connectivity index (χ2n) is 3.96.